The third-order valence-corrected chi connectivity index (χ3v) is 16.0. The van der Waals surface area contributed by atoms with Crippen molar-refractivity contribution >= 4 is 92.5 Å². The highest BCUT2D eigenvalue weighted by Gasteiger charge is 2.24. The van der Waals surface area contributed by atoms with Crippen LogP contribution in [0.4, 0.5) is 0 Å². The van der Waals surface area contributed by atoms with Crippen LogP contribution < -0.4 is 9.30 Å². The minimum atomic E-state index is -0.572. The molecule has 16 rings (SSSR count). The van der Waals surface area contributed by atoms with Crippen molar-refractivity contribution in [2.45, 2.75) is 26.2 Å². The van der Waals surface area contributed by atoms with Gasteiger partial charge in [0.15, 0.2) is 0 Å². The maximum atomic E-state index is 9.15. The predicted molar refractivity (Wildman–Crippen MR) is 339 cm³/mol. The summed E-state index contributed by atoms with van der Waals surface area (Å²) in [5.74, 6) is 1.80. The number of hydrogen-bond donors (Lipinski definition) is 0. The van der Waals surface area contributed by atoms with Gasteiger partial charge in [0.1, 0.15) is 17.3 Å². The Morgan fingerprint density at radius 1 is 0.451 bits per heavy atom. The molecule has 11 aromatic carbocycles. The molecule has 0 aliphatic heterocycles. The van der Waals surface area contributed by atoms with Gasteiger partial charge in [-0.2, -0.15) is 0 Å². The van der Waals surface area contributed by atoms with Crippen LogP contribution >= 0.6 is 0 Å². The number of pyridine rings is 1. The predicted octanol–water partition coefficient (Wildman–Crippen LogP) is 19.2. The summed E-state index contributed by atoms with van der Waals surface area (Å²) in [6.07, 6.45) is 5.39. The number of fused-ring (bicyclic) bond motifs is 14. The van der Waals surface area contributed by atoms with Crippen LogP contribution in [0.5, 0.6) is 11.5 Å². The van der Waals surface area contributed by atoms with Crippen molar-refractivity contribution in [2.24, 2.45) is 0 Å². The summed E-state index contributed by atoms with van der Waals surface area (Å²) < 4.78 is 103. The smallest absolute Gasteiger partial charge is 0.269 e. The maximum Gasteiger partial charge on any atom is 0.269 e. The van der Waals surface area contributed by atoms with Crippen LogP contribution in [0.1, 0.15) is 40.0 Å². The molecule has 0 aliphatic rings. The fraction of sp³-hybridized carbons (Fsp3) is 0.0526. The van der Waals surface area contributed by atoms with E-state index in [4.69, 9.17) is 23.4 Å². The summed E-state index contributed by atoms with van der Waals surface area (Å²) in [7, 11) is 0. The van der Waals surface area contributed by atoms with Crippen molar-refractivity contribution in [1.82, 2.24) is 18.5 Å². The molecule has 0 fully saturated rings. The molecule has 0 amide bonds. The van der Waals surface area contributed by atoms with Crippen molar-refractivity contribution in [3.05, 3.63) is 279 Å². The first kappa shape index (κ1) is 38.1. The molecule has 82 heavy (non-hydrogen) atoms. The lowest BCUT2D eigenvalue weighted by Crippen LogP contribution is -2.31. The van der Waals surface area contributed by atoms with E-state index in [0.29, 0.717) is 28.2 Å². The first-order valence-corrected chi connectivity index (χ1v) is 27.3. The standard InChI is InChI=1S/C76H53N5O/c1-76(2,3)51-41-42-77-73(43-51)80-70-45-54(82-53-26-18-25-52(44-53)78-48-79(69-38-17-16-37-68(69)78)74-55(49-21-6-4-7-22-49)32-19-33-56(74)50-23-8-5-9-24-50)39-40-62(70)66-47-72-65(46-71(66)80)60-30-13-11-28-58(60)57-27-10-12-29-59(57)63-34-20-35-64-61-31-14-15-36-67(61)81(72)75(63)64/h4-47H,1-3H3/i4D,5D,6D,7D,8D,9D,21D,22D,23D,24D. The molecular formula is C76H53N5O. The molecule has 0 spiro atoms. The van der Waals surface area contributed by atoms with Crippen LogP contribution in [0.15, 0.2) is 267 Å². The Morgan fingerprint density at radius 3 is 1.70 bits per heavy atom. The first-order valence-electron chi connectivity index (χ1n) is 32.3. The Labute approximate surface area is 487 Å². The summed E-state index contributed by atoms with van der Waals surface area (Å²) >= 11 is 0. The highest BCUT2D eigenvalue weighted by molar-refractivity contribution is 6.26. The van der Waals surface area contributed by atoms with Crippen molar-refractivity contribution in [3.8, 4) is 50.9 Å². The van der Waals surface area contributed by atoms with Gasteiger partial charge in [0, 0.05) is 44.6 Å². The third-order valence-electron chi connectivity index (χ3n) is 16.0. The number of nitrogens with zero attached hydrogens (tertiary/aromatic N) is 5. The number of ether oxygens (including phenoxy) is 1. The van der Waals surface area contributed by atoms with Gasteiger partial charge in [-0.1, -0.05) is 215 Å². The largest absolute Gasteiger partial charge is 0.458 e. The number of para-hydroxylation sites is 5. The Bertz CT molecular complexity index is 5800. The van der Waals surface area contributed by atoms with E-state index in [1.54, 1.807) is 22.8 Å². The molecule has 5 aromatic heterocycles. The van der Waals surface area contributed by atoms with Gasteiger partial charge in [-0.3, -0.25) is 13.7 Å². The van der Waals surface area contributed by atoms with Gasteiger partial charge < -0.3 is 9.14 Å². The van der Waals surface area contributed by atoms with E-state index in [1.807, 2.05) is 65.4 Å². The van der Waals surface area contributed by atoms with E-state index in [1.165, 1.54) is 10.8 Å². The Balaban J connectivity index is 0.913. The normalized spacial score (nSPS) is 13.8. The molecule has 388 valence electrons. The van der Waals surface area contributed by atoms with Gasteiger partial charge in [0.25, 0.3) is 6.33 Å². The van der Waals surface area contributed by atoms with E-state index in [2.05, 4.69) is 163 Å². The van der Waals surface area contributed by atoms with Crippen molar-refractivity contribution in [2.75, 3.05) is 0 Å². The summed E-state index contributed by atoms with van der Waals surface area (Å²) in [6, 6.07) is 62.4. The molecule has 16 aromatic rings. The summed E-state index contributed by atoms with van der Waals surface area (Å²) in [5.41, 5.74) is 8.06. The number of imidazole rings is 1. The highest BCUT2D eigenvalue weighted by Crippen LogP contribution is 2.43. The van der Waals surface area contributed by atoms with Gasteiger partial charge in [0.2, 0.25) is 0 Å². The van der Waals surface area contributed by atoms with Crippen LogP contribution in [0.2, 0.25) is 0 Å². The minimum Gasteiger partial charge on any atom is -0.458 e. The molecule has 0 unspecified atom stereocenters. The molecule has 6 nitrogen and oxygen atoms in total. The zero-order chi connectivity index (χ0) is 63.3. The Kier molecular flexibility index (Phi) is 8.61. The molecule has 0 atom stereocenters. The second-order valence-corrected chi connectivity index (χ2v) is 21.8. The quantitative estimate of drug-likeness (QED) is 0.118. The van der Waals surface area contributed by atoms with Gasteiger partial charge in [-0.15, -0.1) is 0 Å². The molecule has 6 heteroatoms. The Morgan fingerprint density at radius 2 is 0.988 bits per heavy atom. The second-order valence-electron chi connectivity index (χ2n) is 21.8. The highest BCUT2D eigenvalue weighted by atomic mass is 16.5. The lowest BCUT2D eigenvalue weighted by molar-refractivity contribution is -0.571. The maximum absolute atomic E-state index is 9.15. The van der Waals surface area contributed by atoms with Crippen LogP contribution in [-0.4, -0.2) is 18.5 Å². The zero-order valence-corrected chi connectivity index (χ0v) is 44.8. The summed E-state index contributed by atoms with van der Waals surface area (Å²) in [5, 5.41) is 11.1. The zero-order valence-electron chi connectivity index (χ0n) is 54.8. The second kappa shape index (κ2) is 18.5. The fourth-order valence-electron chi connectivity index (χ4n) is 12.3. The van der Waals surface area contributed by atoms with Crippen LogP contribution in [0.3, 0.4) is 0 Å². The number of rotatable bonds is 7. The molecule has 0 radical (unpaired) electrons. The Hall–Kier alpha value is -10.6. The van der Waals surface area contributed by atoms with Gasteiger partial charge in [-0.25, -0.2) is 4.98 Å². The van der Waals surface area contributed by atoms with E-state index in [-0.39, 0.29) is 33.4 Å². The lowest BCUT2D eigenvalue weighted by atomic mass is 9.88. The van der Waals surface area contributed by atoms with Crippen LogP contribution in [0, 0.1) is 6.33 Å². The van der Waals surface area contributed by atoms with Gasteiger partial charge >= 0.3 is 0 Å². The molecule has 0 bridgehead atoms. The molecular weight excluding hydrogens is 999 g/mol. The van der Waals surface area contributed by atoms with Crippen molar-refractivity contribution < 1.29 is 23.0 Å². The first-order chi connectivity index (χ1) is 44.5. The SMILES string of the molecule is [2H]c1c([2H])c([2H])c(-c2cccc(-c3c([2H])c([2H])c([2H])c([2H])c3[2H])c2-[n+]2[c-]n(-c3cccc(Oc4ccc5c6cc7c(cc6n(-c6cc(C(C)(C)C)ccn6)c5c4)c4ccccc4c4ccccc4c4cccc5c6ccccc6n7c45)c3)c3ccccc32)c([2H])c1[2H]. The van der Waals surface area contributed by atoms with E-state index in [0.717, 1.165) is 82.1 Å². The molecule has 0 N–H and O–H groups in total. The van der Waals surface area contributed by atoms with E-state index in [9.17, 15) is 0 Å². The van der Waals surface area contributed by atoms with Crippen molar-refractivity contribution in [3.63, 3.8) is 0 Å². The van der Waals surface area contributed by atoms with Crippen LogP contribution in [0.25, 0.3) is 132 Å². The molecule has 0 aliphatic carbocycles. The topological polar surface area (TPSA) is 40.3 Å². The molecule has 5 heterocycles. The fourth-order valence-corrected chi connectivity index (χ4v) is 12.3. The van der Waals surface area contributed by atoms with E-state index < -0.39 is 60.4 Å². The van der Waals surface area contributed by atoms with E-state index >= 15 is 0 Å². The number of hydrogen-bond acceptors (Lipinski definition) is 2. The average Bonchev–Trinajstić information content (AvgIpc) is 1.53. The van der Waals surface area contributed by atoms with Gasteiger partial charge in [0.05, 0.1) is 63.7 Å². The molecule has 0 saturated heterocycles. The summed E-state index contributed by atoms with van der Waals surface area (Å²) in [4.78, 5) is 5.14. The minimum absolute atomic E-state index is 0.138. The monoisotopic (exact) mass is 1060 g/mol. The van der Waals surface area contributed by atoms with Crippen LogP contribution in [-0.2, 0) is 5.41 Å². The number of aromatic nitrogens is 5. The summed E-state index contributed by atoms with van der Waals surface area (Å²) in [6.45, 7) is 6.62. The number of benzene rings is 11. The van der Waals surface area contributed by atoms with Gasteiger partial charge in [-0.05, 0) is 115 Å². The molecule has 0 saturated carbocycles. The van der Waals surface area contributed by atoms with Crippen molar-refractivity contribution in [1.29, 1.82) is 0 Å². The lowest BCUT2D eigenvalue weighted by Gasteiger charge is -2.20. The third kappa shape index (κ3) is 7.49. The average molecular weight is 1060 g/mol.